The molecule has 0 fully saturated rings. The predicted octanol–water partition coefficient (Wildman–Crippen LogP) is -1.24. The number of primary amides is 1. The average molecular weight is 362 g/mol. The van der Waals surface area contributed by atoms with Crippen LogP contribution in [-0.4, -0.2) is 42.3 Å². The molecule has 0 spiro atoms. The number of aliphatic imine (C=N–C) groups is 1. The lowest BCUT2D eigenvalue weighted by atomic mass is 10.0. The largest absolute Gasteiger partial charge is 0.370 e. The van der Waals surface area contributed by atoms with Gasteiger partial charge in [-0.3, -0.25) is 19.4 Å². The maximum atomic E-state index is 12.5. The lowest BCUT2D eigenvalue weighted by Gasteiger charge is -2.21. The summed E-state index contributed by atoms with van der Waals surface area (Å²) in [7, 11) is 0. The molecule has 26 heavy (non-hydrogen) atoms. The number of hydrogen-bond donors (Lipinski definition) is 5. The lowest BCUT2D eigenvalue weighted by Crippen LogP contribution is -2.53. The van der Waals surface area contributed by atoms with Gasteiger partial charge in [-0.2, -0.15) is 0 Å². The van der Waals surface area contributed by atoms with Crippen LogP contribution in [0.5, 0.6) is 0 Å². The van der Waals surface area contributed by atoms with Crippen molar-refractivity contribution >= 4 is 23.7 Å². The molecule has 0 aliphatic rings. The molecular weight excluding hydrogens is 336 g/mol. The Kier molecular flexibility index (Phi) is 8.62. The van der Waals surface area contributed by atoms with Crippen LogP contribution >= 0.6 is 0 Å². The van der Waals surface area contributed by atoms with Gasteiger partial charge < -0.3 is 27.8 Å². The van der Waals surface area contributed by atoms with Crippen molar-refractivity contribution in [1.29, 1.82) is 0 Å². The number of hydrogen-bond acceptors (Lipinski definition) is 4. The monoisotopic (exact) mass is 362 g/mol. The number of nitrogens with two attached hydrogens (primary N) is 3. The number of nitrogens with one attached hydrogen (secondary N) is 2. The molecule has 8 N–H and O–H groups in total. The Labute approximate surface area is 152 Å². The van der Waals surface area contributed by atoms with Gasteiger partial charge in [-0.1, -0.05) is 30.3 Å². The van der Waals surface area contributed by atoms with Crippen LogP contribution in [0.4, 0.5) is 0 Å². The summed E-state index contributed by atoms with van der Waals surface area (Å²) in [5, 5.41) is 5.19. The molecule has 0 radical (unpaired) electrons. The summed E-state index contributed by atoms with van der Waals surface area (Å²) in [6.07, 6.45) is 1.05. The van der Waals surface area contributed by atoms with Crippen LogP contribution in [0.3, 0.4) is 0 Å². The number of guanidine groups is 1. The molecule has 0 unspecified atom stereocenters. The number of carbonyl (C=O) groups excluding carboxylic acids is 3. The smallest absolute Gasteiger partial charge is 0.243 e. The van der Waals surface area contributed by atoms with Crippen molar-refractivity contribution < 1.29 is 14.4 Å². The summed E-state index contributed by atoms with van der Waals surface area (Å²) in [4.78, 5) is 39.4. The Morgan fingerprint density at radius 3 is 2.23 bits per heavy atom. The van der Waals surface area contributed by atoms with Crippen molar-refractivity contribution in [3.05, 3.63) is 35.9 Å². The zero-order chi connectivity index (χ0) is 19.5. The minimum absolute atomic E-state index is 0.0433. The second-order valence-electron chi connectivity index (χ2n) is 5.86. The van der Waals surface area contributed by atoms with E-state index in [4.69, 9.17) is 17.2 Å². The van der Waals surface area contributed by atoms with Gasteiger partial charge in [0.15, 0.2) is 5.96 Å². The first-order chi connectivity index (χ1) is 12.3. The third-order valence-electron chi connectivity index (χ3n) is 3.58. The van der Waals surface area contributed by atoms with E-state index >= 15 is 0 Å². The number of benzene rings is 1. The third-order valence-corrected chi connectivity index (χ3v) is 3.58. The van der Waals surface area contributed by atoms with Gasteiger partial charge in [0.2, 0.25) is 17.7 Å². The fourth-order valence-electron chi connectivity index (χ4n) is 2.37. The van der Waals surface area contributed by atoms with Gasteiger partial charge in [-0.15, -0.1) is 0 Å². The Morgan fingerprint density at radius 2 is 1.69 bits per heavy atom. The molecule has 9 nitrogen and oxygen atoms in total. The summed E-state index contributed by atoms with van der Waals surface area (Å²) in [6, 6.07) is 7.56. The van der Waals surface area contributed by atoms with E-state index in [9.17, 15) is 14.4 Å². The third kappa shape index (κ3) is 8.13. The van der Waals surface area contributed by atoms with Crippen LogP contribution in [0, 0.1) is 0 Å². The minimum atomic E-state index is -0.872. The van der Waals surface area contributed by atoms with Crippen LogP contribution in [-0.2, 0) is 20.8 Å². The topological polar surface area (TPSA) is 166 Å². The van der Waals surface area contributed by atoms with E-state index in [1.165, 1.54) is 6.92 Å². The number of carbonyl (C=O) groups is 3. The van der Waals surface area contributed by atoms with E-state index in [0.29, 0.717) is 19.4 Å². The van der Waals surface area contributed by atoms with Crippen molar-refractivity contribution in [3.8, 4) is 0 Å². The molecule has 3 amide bonds. The average Bonchev–Trinajstić information content (AvgIpc) is 2.57. The SMILES string of the molecule is CC(=O)N[C@@H](Cc1ccccc1)C(=O)N[C@@H](CCCN=C(N)N)C(N)=O. The van der Waals surface area contributed by atoms with Gasteiger partial charge in [0.25, 0.3) is 0 Å². The molecule has 0 aliphatic carbocycles. The standard InChI is InChI=1S/C17H26N6O3/c1-11(24)22-14(10-12-6-3-2-4-7-12)16(26)23-13(15(18)25)8-5-9-21-17(19)20/h2-4,6-7,13-14H,5,8-10H2,1H3,(H2,18,25)(H,22,24)(H,23,26)(H4,19,20,21)/t13-,14-/m0/s1. The van der Waals surface area contributed by atoms with Crippen molar-refractivity contribution in [2.75, 3.05) is 6.54 Å². The van der Waals surface area contributed by atoms with Gasteiger partial charge in [-0.05, 0) is 18.4 Å². The summed E-state index contributed by atoms with van der Waals surface area (Å²) in [5.74, 6) is -1.53. The van der Waals surface area contributed by atoms with Crippen molar-refractivity contribution in [2.45, 2.75) is 38.3 Å². The number of rotatable bonds is 10. The van der Waals surface area contributed by atoms with Gasteiger partial charge in [0.05, 0.1) is 0 Å². The molecule has 1 aromatic rings. The van der Waals surface area contributed by atoms with E-state index < -0.39 is 23.9 Å². The summed E-state index contributed by atoms with van der Waals surface area (Å²) in [5.41, 5.74) is 16.7. The number of amides is 3. The van der Waals surface area contributed by atoms with E-state index in [1.807, 2.05) is 30.3 Å². The van der Waals surface area contributed by atoms with Crippen LogP contribution < -0.4 is 27.8 Å². The fraction of sp³-hybridized carbons (Fsp3) is 0.412. The Hall–Kier alpha value is -3.10. The van der Waals surface area contributed by atoms with Crippen LogP contribution in [0.15, 0.2) is 35.3 Å². The number of nitrogens with zero attached hydrogens (tertiary/aromatic N) is 1. The predicted molar refractivity (Wildman–Crippen MR) is 98.8 cm³/mol. The minimum Gasteiger partial charge on any atom is -0.370 e. The molecule has 0 heterocycles. The van der Waals surface area contributed by atoms with E-state index in [1.54, 1.807) is 0 Å². The first kappa shape index (κ1) is 20.9. The highest BCUT2D eigenvalue weighted by molar-refractivity contribution is 5.91. The molecule has 0 bridgehead atoms. The molecule has 1 aromatic carbocycles. The maximum absolute atomic E-state index is 12.5. The van der Waals surface area contributed by atoms with Crippen LogP contribution in [0.25, 0.3) is 0 Å². The van der Waals surface area contributed by atoms with Crippen molar-refractivity contribution in [1.82, 2.24) is 10.6 Å². The molecule has 0 aromatic heterocycles. The molecule has 0 saturated heterocycles. The highest BCUT2D eigenvalue weighted by Crippen LogP contribution is 2.05. The molecule has 1 rings (SSSR count). The van der Waals surface area contributed by atoms with E-state index in [0.717, 1.165) is 5.56 Å². The molecular formula is C17H26N6O3. The molecule has 9 heteroatoms. The molecule has 2 atom stereocenters. The van der Waals surface area contributed by atoms with Crippen molar-refractivity contribution in [2.24, 2.45) is 22.2 Å². The normalized spacial score (nSPS) is 12.5. The highest BCUT2D eigenvalue weighted by Gasteiger charge is 2.25. The first-order valence-electron chi connectivity index (χ1n) is 8.25. The second-order valence-corrected chi connectivity index (χ2v) is 5.86. The van der Waals surface area contributed by atoms with Gasteiger partial charge in [0.1, 0.15) is 12.1 Å². The Balaban J connectivity index is 2.72. The van der Waals surface area contributed by atoms with Crippen molar-refractivity contribution in [3.63, 3.8) is 0 Å². The summed E-state index contributed by atoms with van der Waals surface area (Å²) < 4.78 is 0. The van der Waals surface area contributed by atoms with E-state index in [2.05, 4.69) is 15.6 Å². The lowest BCUT2D eigenvalue weighted by molar-refractivity contribution is -0.130. The van der Waals surface area contributed by atoms with E-state index in [-0.39, 0.29) is 18.3 Å². The van der Waals surface area contributed by atoms with Crippen LogP contribution in [0.1, 0.15) is 25.3 Å². The first-order valence-corrected chi connectivity index (χ1v) is 8.25. The molecule has 142 valence electrons. The fourth-order valence-corrected chi connectivity index (χ4v) is 2.37. The summed E-state index contributed by atoms with van der Waals surface area (Å²) in [6.45, 7) is 1.65. The Bertz CT molecular complexity index is 643. The highest BCUT2D eigenvalue weighted by atomic mass is 16.2. The maximum Gasteiger partial charge on any atom is 0.243 e. The van der Waals surface area contributed by atoms with Gasteiger partial charge in [0, 0.05) is 19.9 Å². The second kappa shape index (κ2) is 10.7. The van der Waals surface area contributed by atoms with Gasteiger partial charge in [-0.25, -0.2) is 0 Å². The Morgan fingerprint density at radius 1 is 1.04 bits per heavy atom. The summed E-state index contributed by atoms with van der Waals surface area (Å²) >= 11 is 0. The van der Waals surface area contributed by atoms with Crippen LogP contribution in [0.2, 0.25) is 0 Å². The molecule has 0 aliphatic heterocycles. The molecule has 0 saturated carbocycles. The van der Waals surface area contributed by atoms with Gasteiger partial charge >= 0.3 is 0 Å². The quantitative estimate of drug-likeness (QED) is 0.199. The zero-order valence-electron chi connectivity index (χ0n) is 14.8. The zero-order valence-corrected chi connectivity index (χ0v) is 14.8.